The third-order valence-corrected chi connectivity index (χ3v) is 2.22. The topological polar surface area (TPSA) is 32.3 Å². The Morgan fingerprint density at radius 1 is 1.33 bits per heavy atom. The lowest BCUT2D eigenvalue weighted by Gasteiger charge is -2.06. The molecule has 0 saturated carbocycles. The molecule has 1 aromatic rings. The molecule has 0 fully saturated rings. The van der Waals surface area contributed by atoms with E-state index in [0.29, 0.717) is 0 Å². The summed E-state index contributed by atoms with van der Waals surface area (Å²) >= 11 is 3.42. The molecule has 0 bridgehead atoms. The maximum absolute atomic E-state index is 8.56. The second-order valence-corrected chi connectivity index (χ2v) is 3.34. The predicted molar refractivity (Wildman–Crippen MR) is 54.3 cm³/mol. The molecule has 66 valence electrons. The summed E-state index contributed by atoms with van der Waals surface area (Å²) in [6.45, 7) is 1.04. The van der Waals surface area contributed by atoms with Gasteiger partial charge in [0.1, 0.15) is 0 Å². The molecule has 0 heterocycles. The van der Waals surface area contributed by atoms with Crippen molar-refractivity contribution in [2.24, 2.45) is 0 Å². The number of nitrogens with one attached hydrogen (secondary N) is 1. The van der Waals surface area contributed by atoms with E-state index in [0.717, 1.165) is 23.1 Å². The van der Waals surface area contributed by atoms with Crippen LogP contribution in [-0.4, -0.2) is 18.3 Å². The fourth-order valence-corrected chi connectivity index (χ4v) is 1.33. The highest BCUT2D eigenvalue weighted by molar-refractivity contribution is 9.10. The fourth-order valence-electron chi connectivity index (χ4n) is 0.907. The quantitative estimate of drug-likeness (QED) is 0.777. The molecule has 3 heteroatoms. The van der Waals surface area contributed by atoms with Crippen molar-refractivity contribution in [1.29, 1.82) is 0 Å². The van der Waals surface area contributed by atoms with Crippen LogP contribution >= 0.6 is 15.9 Å². The minimum absolute atomic E-state index is 0.234. The van der Waals surface area contributed by atoms with Gasteiger partial charge < -0.3 is 10.4 Å². The van der Waals surface area contributed by atoms with Gasteiger partial charge in [-0.05, 0) is 34.5 Å². The maximum Gasteiger partial charge on any atom is 0.0484 e. The largest absolute Gasteiger partial charge is 0.396 e. The van der Waals surface area contributed by atoms with E-state index in [9.17, 15) is 0 Å². The summed E-state index contributed by atoms with van der Waals surface area (Å²) in [5.74, 6) is 0. The number of anilines is 1. The minimum Gasteiger partial charge on any atom is -0.396 e. The number of para-hydroxylation sites is 1. The maximum atomic E-state index is 8.56. The van der Waals surface area contributed by atoms with E-state index >= 15 is 0 Å². The summed E-state index contributed by atoms with van der Waals surface area (Å²) in [5, 5.41) is 11.8. The summed E-state index contributed by atoms with van der Waals surface area (Å²) in [4.78, 5) is 0. The van der Waals surface area contributed by atoms with Crippen LogP contribution in [0.4, 0.5) is 5.69 Å². The van der Waals surface area contributed by atoms with Gasteiger partial charge in [-0.3, -0.25) is 0 Å². The molecule has 0 atom stereocenters. The van der Waals surface area contributed by atoms with Crippen molar-refractivity contribution in [3.8, 4) is 0 Å². The molecule has 0 aliphatic heterocycles. The van der Waals surface area contributed by atoms with E-state index < -0.39 is 0 Å². The van der Waals surface area contributed by atoms with Gasteiger partial charge in [0, 0.05) is 23.3 Å². The van der Waals surface area contributed by atoms with Crippen LogP contribution in [-0.2, 0) is 0 Å². The van der Waals surface area contributed by atoms with Gasteiger partial charge in [0.15, 0.2) is 0 Å². The zero-order valence-electron chi connectivity index (χ0n) is 6.76. The van der Waals surface area contributed by atoms with Crippen molar-refractivity contribution >= 4 is 21.6 Å². The number of hydrogen-bond donors (Lipinski definition) is 2. The zero-order chi connectivity index (χ0) is 8.81. The highest BCUT2D eigenvalue weighted by Crippen LogP contribution is 2.20. The van der Waals surface area contributed by atoms with Crippen LogP contribution in [0.5, 0.6) is 0 Å². The first-order valence-corrected chi connectivity index (χ1v) is 4.73. The van der Waals surface area contributed by atoms with Gasteiger partial charge in [0.05, 0.1) is 0 Å². The summed E-state index contributed by atoms with van der Waals surface area (Å²) in [7, 11) is 0. The first-order valence-electron chi connectivity index (χ1n) is 3.94. The standard InChI is InChI=1S/C9H12BrNO/c10-8-4-1-2-5-9(8)11-6-3-7-12/h1-2,4-5,11-12H,3,6-7H2. The first-order chi connectivity index (χ1) is 5.84. The molecule has 2 N–H and O–H groups in total. The average Bonchev–Trinajstić information content (AvgIpc) is 2.09. The molecule has 0 unspecified atom stereocenters. The normalized spacial score (nSPS) is 9.83. The number of rotatable bonds is 4. The van der Waals surface area contributed by atoms with Crippen LogP contribution in [0.3, 0.4) is 0 Å². The van der Waals surface area contributed by atoms with E-state index in [1.54, 1.807) is 0 Å². The molecule has 1 rings (SSSR count). The number of aliphatic hydroxyl groups is 1. The van der Waals surface area contributed by atoms with Crippen LogP contribution in [0.2, 0.25) is 0 Å². The summed E-state index contributed by atoms with van der Waals surface area (Å²) < 4.78 is 1.06. The van der Waals surface area contributed by atoms with E-state index in [2.05, 4.69) is 21.2 Å². The lowest BCUT2D eigenvalue weighted by molar-refractivity contribution is 0.292. The highest BCUT2D eigenvalue weighted by atomic mass is 79.9. The Hall–Kier alpha value is -0.540. The Kier molecular flexibility index (Phi) is 4.11. The van der Waals surface area contributed by atoms with Crippen LogP contribution < -0.4 is 5.32 Å². The Morgan fingerprint density at radius 2 is 2.08 bits per heavy atom. The van der Waals surface area contributed by atoms with Crippen molar-refractivity contribution in [1.82, 2.24) is 0 Å². The van der Waals surface area contributed by atoms with Gasteiger partial charge in [-0.15, -0.1) is 0 Å². The smallest absolute Gasteiger partial charge is 0.0484 e. The molecule has 12 heavy (non-hydrogen) atoms. The van der Waals surface area contributed by atoms with Crippen molar-refractivity contribution in [3.05, 3.63) is 28.7 Å². The van der Waals surface area contributed by atoms with Crippen LogP contribution in [0.15, 0.2) is 28.7 Å². The van der Waals surface area contributed by atoms with Gasteiger partial charge in [0.2, 0.25) is 0 Å². The molecule has 1 aromatic carbocycles. The molecule has 0 radical (unpaired) electrons. The number of benzene rings is 1. The number of hydrogen-bond acceptors (Lipinski definition) is 2. The van der Waals surface area contributed by atoms with Crippen LogP contribution in [0.1, 0.15) is 6.42 Å². The second-order valence-electron chi connectivity index (χ2n) is 2.48. The minimum atomic E-state index is 0.234. The lowest BCUT2D eigenvalue weighted by Crippen LogP contribution is -2.03. The summed E-state index contributed by atoms with van der Waals surface area (Å²) in [5.41, 5.74) is 1.07. The van der Waals surface area contributed by atoms with E-state index in [-0.39, 0.29) is 6.61 Å². The van der Waals surface area contributed by atoms with Gasteiger partial charge in [-0.25, -0.2) is 0 Å². The SMILES string of the molecule is OCCCNc1ccccc1Br. The van der Waals surface area contributed by atoms with Crippen molar-refractivity contribution in [2.75, 3.05) is 18.5 Å². The molecule has 0 aliphatic carbocycles. The molecular weight excluding hydrogens is 218 g/mol. The van der Waals surface area contributed by atoms with Crippen LogP contribution in [0.25, 0.3) is 0 Å². The Bertz CT molecular complexity index is 240. The molecule has 0 aliphatic rings. The van der Waals surface area contributed by atoms with E-state index in [1.165, 1.54) is 0 Å². The summed E-state index contributed by atoms with van der Waals surface area (Å²) in [6, 6.07) is 7.94. The second kappa shape index (κ2) is 5.17. The monoisotopic (exact) mass is 229 g/mol. The zero-order valence-corrected chi connectivity index (χ0v) is 8.34. The van der Waals surface area contributed by atoms with Crippen molar-refractivity contribution in [3.63, 3.8) is 0 Å². The average molecular weight is 230 g/mol. The van der Waals surface area contributed by atoms with Gasteiger partial charge in [0.25, 0.3) is 0 Å². The summed E-state index contributed by atoms with van der Waals surface area (Å²) in [6.07, 6.45) is 0.779. The molecular formula is C9H12BrNO. The number of aliphatic hydroxyl groups excluding tert-OH is 1. The molecule has 2 nitrogen and oxygen atoms in total. The molecule has 0 aromatic heterocycles. The third-order valence-electron chi connectivity index (χ3n) is 1.52. The lowest BCUT2D eigenvalue weighted by atomic mass is 10.3. The Balaban J connectivity index is 2.46. The third kappa shape index (κ3) is 2.83. The Morgan fingerprint density at radius 3 is 2.75 bits per heavy atom. The fraction of sp³-hybridized carbons (Fsp3) is 0.333. The molecule has 0 saturated heterocycles. The van der Waals surface area contributed by atoms with E-state index in [1.807, 2.05) is 24.3 Å². The predicted octanol–water partition coefficient (Wildman–Crippen LogP) is 2.24. The first kappa shape index (κ1) is 9.55. The number of halogens is 1. The molecule has 0 spiro atoms. The van der Waals surface area contributed by atoms with Crippen LogP contribution in [0, 0.1) is 0 Å². The van der Waals surface area contributed by atoms with Crippen molar-refractivity contribution in [2.45, 2.75) is 6.42 Å². The Labute approximate surface area is 80.7 Å². The van der Waals surface area contributed by atoms with Crippen molar-refractivity contribution < 1.29 is 5.11 Å². The van der Waals surface area contributed by atoms with Gasteiger partial charge >= 0.3 is 0 Å². The molecule has 0 amide bonds. The van der Waals surface area contributed by atoms with Gasteiger partial charge in [-0.2, -0.15) is 0 Å². The van der Waals surface area contributed by atoms with Gasteiger partial charge in [-0.1, -0.05) is 12.1 Å². The van der Waals surface area contributed by atoms with E-state index in [4.69, 9.17) is 5.11 Å². The highest BCUT2D eigenvalue weighted by Gasteiger charge is 1.94.